The topological polar surface area (TPSA) is 19.6 Å². The molecule has 4 heteroatoms. The predicted octanol–water partition coefficient (Wildman–Crippen LogP) is 13.1. The Morgan fingerprint density at radius 3 is 2.75 bits per heavy atom. The van der Waals surface area contributed by atoms with Crippen LogP contribution in [0.15, 0.2) is 119 Å². The summed E-state index contributed by atoms with van der Waals surface area (Å²) >= 11 is 2.00. The summed E-state index contributed by atoms with van der Waals surface area (Å²) in [6, 6.07) is 16.5. The van der Waals surface area contributed by atoms with Crippen LogP contribution in [0.2, 0.25) is 0 Å². The molecule has 0 N–H and O–H groups in total. The van der Waals surface area contributed by atoms with Crippen molar-refractivity contribution in [3.05, 3.63) is 136 Å². The number of fused-ring (bicyclic) bond motifs is 8. The zero-order valence-electron chi connectivity index (χ0n) is 31.0. The molecule has 0 saturated heterocycles. The molecule has 268 valence electrons. The van der Waals surface area contributed by atoms with Crippen LogP contribution < -0.4 is 4.90 Å². The molecule has 0 radical (unpaired) electrons. The number of thiophene rings is 1. The highest BCUT2D eigenvalue weighted by Crippen LogP contribution is 2.55. The number of nitrogens with zero attached hydrogens (tertiary/aromatic N) is 2. The van der Waals surface area contributed by atoms with Gasteiger partial charge < -0.3 is 14.2 Å². The van der Waals surface area contributed by atoms with E-state index < -0.39 is 0 Å². The molecule has 6 aliphatic carbocycles. The van der Waals surface area contributed by atoms with E-state index in [0.717, 1.165) is 43.4 Å². The van der Waals surface area contributed by atoms with Crippen molar-refractivity contribution in [1.29, 1.82) is 0 Å². The maximum atomic E-state index is 6.64. The van der Waals surface area contributed by atoms with Crippen molar-refractivity contribution in [3.8, 4) is 0 Å². The molecule has 0 saturated carbocycles. The average Bonchev–Trinajstić information content (AvgIpc) is 3.88. The van der Waals surface area contributed by atoms with Gasteiger partial charge in [0.1, 0.15) is 11.3 Å². The van der Waals surface area contributed by atoms with Crippen molar-refractivity contribution in [2.24, 2.45) is 17.3 Å². The number of hydrogen-bond acceptors (Lipinski definition) is 4. The molecule has 1 aliphatic heterocycles. The number of furan rings is 1. The largest absolute Gasteiger partial charge is 0.460 e. The van der Waals surface area contributed by atoms with Gasteiger partial charge in [-0.2, -0.15) is 0 Å². The summed E-state index contributed by atoms with van der Waals surface area (Å²) in [5.41, 5.74) is 11.4. The van der Waals surface area contributed by atoms with Crippen LogP contribution in [0.25, 0.3) is 32.8 Å². The lowest BCUT2D eigenvalue weighted by molar-refractivity contribution is 0.224. The first-order valence-electron chi connectivity index (χ1n) is 20.6. The summed E-state index contributed by atoms with van der Waals surface area (Å²) in [6.07, 6.45) is 40.4. The standard InChI is InChI=1S/C49H50N2OS/c1-49(32-14-4-2-5-15-32)29-28-40-38(31-49)37-30-34(26-27-39(37)50(40)33-16-6-3-7-17-33)51(41-20-12-23-44-47(41)35-18-8-10-22-43(35)52-44)42-21-13-25-46-48(42)36-19-9-11-24-45(36)53-46/h2,4,8-9,11-12,16,18-21,23-24,26-29,32,34,37,39H,3,5-7,10,13-15,17,22,25,30-31H2,1H3. The van der Waals surface area contributed by atoms with E-state index in [4.69, 9.17) is 4.42 Å². The first-order chi connectivity index (χ1) is 26.1. The van der Waals surface area contributed by atoms with Crippen LogP contribution in [0.3, 0.4) is 0 Å². The fourth-order valence-electron chi connectivity index (χ4n) is 11.3. The van der Waals surface area contributed by atoms with Crippen LogP contribution in [0.4, 0.5) is 5.69 Å². The molecule has 3 heterocycles. The van der Waals surface area contributed by atoms with Gasteiger partial charge in [-0.05, 0) is 118 Å². The minimum absolute atomic E-state index is 0.200. The van der Waals surface area contributed by atoms with Gasteiger partial charge in [0, 0.05) is 55.5 Å². The number of anilines is 1. The van der Waals surface area contributed by atoms with E-state index in [-0.39, 0.29) is 11.5 Å². The highest BCUT2D eigenvalue weighted by atomic mass is 32.1. The van der Waals surface area contributed by atoms with Gasteiger partial charge in [-0.3, -0.25) is 0 Å². The Bertz CT molecular complexity index is 2350. The number of hydrogen-bond donors (Lipinski definition) is 0. The van der Waals surface area contributed by atoms with Gasteiger partial charge in [0.15, 0.2) is 0 Å². The summed E-state index contributed by atoms with van der Waals surface area (Å²) in [7, 11) is 0. The Labute approximate surface area is 318 Å². The molecule has 5 atom stereocenters. The number of rotatable bonds is 5. The van der Waals surface area contributed by atoms with Crippen LogP contribution in [0, 0.1) is 17.3 Å². The lowest BCUT2D eigenvalue weighted by atomic mass is 9.64. The molecule has 2 aromatic heterocycles. The highest BCUT2D eigenvalue weighted by Gasteiger charge is 2.48. The van der Waals surface area contributed by atoms with Crippen molar-refractivity contribution in [3.63, 3.8) is 0 Å². The molecular formula is C49H50N2OS. The average molecular weight is 715 g/mol. The fraction of sp³-hybridized carbons (Fsp3) is 0.388. The normalized spacial score (nSPS) is 28.9. The van der Waals surface area contributed by atoms with Crippen LogP contribution in [0.5, 0.6) is 0 Å². The molecule has 11 rings (SSSR count). The van der Waals surface area contributed by atoms with Gasteiger partial charge in [-0.15, -0.1) is 11.3 Å². The quantitative estimate of drug-likeness (QED) is 0.192. The van der Waals surface area contributed by atoms with E-state index in [9.17, 15) is 0 Å². The fourth-order valence-corrected chi connectivity index (χ4v) is 12.5. The summed E-state index contributed by atoms with van der Waals surface area (Å²) in [6.45, 7) is 2.57. The second kappa shape index (κ2) is 12.7. The van der Waals surface area contributed by atoms with E-state index in [1.165, 1.54) is 99.9 Å². The second-order valence-electron chi connectivity index (χ2n) is 16.9. The lowest BCUT2D eigenvalue weighted by Crippen LogP contribution is -2.42. The van der Waals surface area contributed by atoms with Gasteiger partial charge in [-0.25, -0.2) is 0 Å². The Morgan fingerprint density at radius 2 is 1.85 bits per heavy atom. The molecule has 3 nitrogen and oxygen atoms in total. The minimum atomic E-state index is 0.200. The molecule has 4 aromatic rings. The maximum Gasteiger partial charge on any atom is 0.137 e. The Hall–Kier alpha value is -4.28. The second-order valence-corrected chi connectivity index (χ2v) is 18.1. The Balaban J connectivity index is 1.07. The SMILES string of the molecule is CC1(C2CC=CCC2)C=CC2=C(C1)C1CC(N(C3=CCCc4sc5ccccc5c43)c3cccc4oc5c(c34)C=CCC5)C=CC1N2C1=CCCCC1. The molecule has 2 aromatic carbocycles. The third-order valence-corrected chi connectivity index (χ3v) is 15.1. The molecule has 0 fully saturated rings. The first-order valence-corrected chi connectivity index (χ1v) is 21.4. The van der Waals surface area contributed by atoms with E-state index in [0.29, 0.717) is 17.9 Å². The van der Waals surface area contributed by atoms with Crippen molar-refractivity contribution in [2.45, 2.75) is 102 Å². The van der Waals surface area contributed by atoms with Crippen LogP contribution in [-0.4, -0.2) is 17.0 Å². The van der Waals surface area contributed by atoms with Gasteiger partial charge in [0.25, 0.3) is 0 Å². The van der Waals surface area contributed by atoms with Crippen LogP contribution in [0.1, 0.15) is 99.3 Å². The number of benzene rings is 2. The zero-order valence-corrected chi connectivity index (χ0v) is 31.8. The smallest absolute Gasteiger partial charge is 0.137 e. The van der Waals surface area contributed by atoms with Crippen molar-refractivity contribution in [2.75, 3.05) is 4.90 Å². The summed E-state index contributed by atoms with van der Waals surface area (Å²) in [4.78, 5) is 7.11. The lowest BCUT2D eigenvalue weighted by Gasteiger charge is -2.43. The highest BCUT2D eigenvalue weighted by molar-refractivity contribution is 7.19. The first kappa shape index (κ1) is 32.2. The zero-order chi connectivity index (χ0) is 35.1. The van der Waals surface area contributed by atoms with Crippen molar-refractivity contribution in [1.82, 2.24) is 4.90 Å². The molecule has 53 heavy (non-hydrogen) atoms. The Kier molecular flexibility index (Phi) is 7.68. The maximum absolute atomic E-state index is 6.64. The summed E-state index contributed by atoms with van der Waals surface area (Å²) in [5.74, 6) is 2.33. The van der Waals surface area contributed by atoms with E-state index >= 15 is 0 Å². The monoisotopic (exact) mass is 714 g/mol. The van der Waals surface area contributed by atoms with E-state index in [1.54, 1.807) is 11.3 Å². The van der Waals surface area contributed by atoms with Gasteiger partial charge >= 0.3 is 0 Å². The molecule has 0 spiro atoms. The summed E-state index contributed by atoms with van der Waals surface area (Å²) < 4.78 is 8.04. The van der Waals surface area contributed by atoms with Gasteiger partial charge in [0.05, 0.1) is 23.2 Å². The van der Waals surface area contributed by atoms with Crippen LogP contribution >= 0.6 is 11.3 Å². The predicted molar refractivity (Wildman–Crippen MR) is 223 cm³/mol. The summed E-state index contributed by atoms with van der Waals surface area (Å²) in [5, 5.41) is 2.68. The van der Waals surface area contributed by atoms with Crippen molar-refractivity contribution >= 4 is 49.9 Å². The Morgan fingerprint density at radius 1 is 0.887 bits per heavy atom. The number of allylic oxidation sites excluding steroid dienone is 8. The molecule has 0 amide bonds. The van der Waals surface area contributed by atoms with Gasteiger partial charge in [-0.1, -0.05) is 85.9 Å². The third-order valence-electron chi connectivity index (χ3n) is 13.9. The van der Waals surface area contributed by atoms with Gasteiger partial charge in [0.2, 0.25) is 0 Å². The minimum Gasteiger partial charge on any atom is -0.460 e. The molecular weight excluding hydrogens is 665 g/mol. The molecule has 5 unspecified atom stereocenters. The van der Waals surface area contributed by atoms with E-state index in [2.05, 4.69) is 120 Å². The van der Waals surface area contributed by atoms with E-state index in [1.807, 2.05) is 11.3 Å². The van der Waals surface area contributed by atoms with Crippen molar-refractivity contribution < 1.29 is 4.42 Å². The molecule has 0 bridgehead atoms. The third kappa shape index (κ3) is 5.11. The molecule has 7 aliphatic rings. The van der Waals surface area contributed by atoms with Crippen LogP contribution in [-0.2, 0) is 12.8 Å². The number of aryl methyl sites for hydroxylation is 2.